The number of benzene rings is 7. The molecule has 0 aromatic heterocycles. The van der Waals surface area contributed by atoms with Gasteiger partial charge in [-0.3, -0.25) is 0 Å². The minimum Gasteiger partial charge on any atom is -0.376 e. The average molecular weight is 737 g/mol. The smallest absolute Gasteiger partial charge is 0.333 e. The van der Waals surface area contributed by atoms with Gasteiger partial charge in [-0.2, -0.15) is 0 Å². The molecule has 0 fully saturated rings. The average Bonchev–Trinajstić information content (AvgIpc) is 3.44. The van der Waals surface area contributed by atoms with Crippen molar-refractivity contribution in [2.75, 3.05) is 9.71 Å². The Labute approximate surface area is 338 Å². The fourth-order valence-corrected chi connectivity index (χ4v) is 11.2. The van der Waals surface area contributed by atoms with Gasteiger partial charge in [-0.15, -0.1) is 0 Å². The second kappa shape index (κ2) is 12.1. The molecule has 0 radical (unpaired) electrons. The summed E-state index contributed by atoms with van der Waals surface area (Å²) in [6.45, 7) is 16.5. The lowest BCUT2D eigenvalue weighted by Gasteiger charge is -2.50. The quantitative estimate of drug-likeness (QED) is 0.162. The Morgan fingerprint density at radius 3 is 2.00 bits per heavy atom. The number of hydrogen-bond acceptors (Lipinski definition) is 2. The first-order chi connectivity index (χ1) is 27.6. The van der Waals surface area contributed by atoms with Crippen LogP contribution in [0.2, 0.25) is 0 Å². The van der Waals surface area contributed by atoms with Crippen LogP contribution in [0, 0.1) is 13.8 Å². The zero-order valence-electron chi connectivity index (χ0n) is 34.3. The molecule has 0 spiro atoms. The normalized spacial score (nSPS) is 15.7. The van der Waals surface area contributed by atoms with Gasteiger partial charge in [-0.05, 0) is 147 Å². The lowest BCUT2D eigenvalue weighted by molar-refractivity contribution is 0.632. The standard InChI is InChI=1S/C54H49BN2/c1-8-9-18-35-25-27-37(28-26-35)57-48-32-39-38-19-10-11-20-42(38)53(4,5)45(39)31-40(48)41-29-36(50-33(2)16-14-17-34(50)3)30-49-51(41)55(57)46-23-15-22-44-52(46)56(49)47-24-13-12-21-43(47)54(44,6)7/h10-17,19-32H,8-9,18H2,1-7H3. The maximum atomic E-state index is 2.71. The summed E-state index contributed by atoms with van der Waals surface area (Å²) in [5.41, 5.74) is 26.5. The summed E-state index contributed by atoms with van der Waals surface area (Å²) in [6, 6.07) is 51.9. The van der Waals surface area contributed by atoms with E-state index >= 15 is 0 Å². The van der Waals surface area contributed by atoms with Crippen molar-refractivity contribution < 1.29 is 0 Å². The summed E-state index contributed by atoms with van der Waals surface area (Å²) in [5.74, 6) is 0. The molecule has 4 aliphatic rings. The van der Waals surface area contributed by atoms with Gasteiger partial charge in [0, 0.05) is 39.1 Å². The van der Waals surface area contributed by atoms with Crippen LogP contribution in [0.5, 0.6) is 0 Å². The Balaban J connectivity index is 1.29. The van der Waals surface area contributed by atoms with Crippen molar-refractivity contribution in [3.8, 4) is 33.4 Å². The van der Waals surface area contributed by atoms with Crippen molar-refractivity contribution in [2.24, 2.45) is 0 Å². The summed E-state index contributed by atoms with van der Waals surface area (Å²) in [4.78, 5) is 5.35. The number of anilines is 5. The molecular formula is C54H49BN2. The van der Waals surface area contributed by atoms with Gasteiger partial charge in [0.15, 0.2) is 0 Å². The molecule has 0 saturated carbocycles. The fraction of sp³-hybridized carbons (Fsp3) is 0.222. The fourth-order valence-electron chi connectivity index (χ4n) is 11.2. The molecular weight excluding hydrogens is 687 g/mol. The number of hydrogen-bond donors (Lipinski definition) is 0. The molecule has 0 saturated heterocycles. The number of nitrogens with zero attached hydrogens (tertiary/aromatic N) is 2. The van der Waals surface area contributed by atoms with Crippen LogP contribution in [0.15, 0.2) is 133 Å². The van der Waals surface area contributed by atoms with Gasteiger partial charge in [0.25, 0.3) is 0 Å². The molecule has 7 aromatic rings. The molecule has 3 heteroatoms. The maximum Gasteiger partial charge on any atom is 0.333 e. The van der Waals surface area contributed by atoms with E-state index in [0.717, 1.165) is 6.42 Å². The van der Waals surface area contributed by atoms with Crippen LogP contribution >= 0.6 is 0 Å². The van der Waals surface area contributed by atoms with E-state index in [9.17, 15) is 0 Å². The van der Waals surface area contributed by atoms with Gasteiger partial charge in [-0.1, -0.05) is 132 Å². The molecule has 278 valence electrons. The molecule has 1 aliphatic carbocycles. The molecule has 0 N–H and O–H groups in total. The molecule has 0 amide bonds. The third-order valence-electron chi connectivity index (χ3n) is 14.1. The molecule has 0 bridgehead atoms. The predicted molar refractivity (Wildman–Crippen MR) is 243 cm³/mol. The van der Waals surface area contributed by atoms with E-state index in [0.29, 0.717) is 0 Å². The number of para-hydroxylation sites is 2. The highest BCUT2D eigenvalue weighted by Crippen LogP contribution is 2.58. The van der Waals surface area contributed by atoms with Crippen LogP contribution in [0.1, 0.15) is 86.4 Å². The Hall–Kier alpha value is -5.80. The molecule has 0 atom stereocenters. The molecule has 11 rings (SSSR count). The third kappa shape index (κ3) is 4.66. The molecule has 0 unspecified atom stereocenters. The Morgan fingerprint density at radius 1 is 0.544 bits per heavy atom. The van der Waals surface area contributed by atoms with Gasteiger partial charge < -0.3 is 9.71 Å². The first-order valence-electron chi connectivity index (χ1n) is 21.0. The van der Waals surface area contributed by atoms with Crippen molar-refractivity contribution in [2.45, 2.75) is 78.6 Å². The van der Waals surface area contributed by atoms with E-state index < -0.39 is 0 Å². The van der Waals surface area contributed by atoms with Crippen LogP contribution < -0.4 is 20.6 Å². The van der Waals surface area contributed by atoms with Gasteiger partial charge in [0.05, 0.1) is 5.69 Å². The van der Waals surface area contributed by atoms with Gasteiger partial charge in [0.2, 0.25) is 0 Å². The van der Waals surface area contributed by atoms with Crippen molar-refractivity contribution in [1.82, 2.24) is 0 Å². The first-order valence-corrected chi connectivity index (χ1v) is 21.0. The van der Waals surface area contributed by atoms with E-state index in [-0.39, 0.29) is 17.7 Å². The van der Waals surface area contributed by atoms with Gasteiger partial charge >= 0.3 is 6.85 Å². The predicted octanol–water partition coefficient (Wildman–Crippen LogP) is 13.0. The van der Waals surface area contributed by atoms with E-state index in [1.807, 2.05) is 0 Å². The maximum absolute atomic E-state index is 2.71. The Kier molecular flexibility index (Phi) is 7.32. The van der Waals surface area contributed by atoms with E-state index in [1.165, 1.54) is 125 Å². The summed E-state index contributed by atoms with van der Waals surface area (Å²) in [7, 11) is 0. The monoisotopic (exact) mass is 736 g/mol. The summed E-state index contributed by atoms with van der Waals surface area (Å²) >= 11 is 0. The minimum atomic E-state index is -0.169. The van der Waals surface area contributed by atoms with Crippen molar-refractivity contribution in [3.63, 3.8) is 0 Å². The molecule has 3 aliphatic heterocycles. The SMILES string of the molecule is CCCCc1ccc(N2B3c4cccc5c4N(c4ccccc4C5(C)C)c4cc(-c5c(C)cccc5C)cc(c43)-c3cc4c(cc32)-c2ccccc2C4(C)C)cc1. The summed E-state index contributed by atoms with van der Waals surface area (Å²) in [6.07, 6.45) is 3.52. The highest BCUT2D eigenvalue weighted by molar-refractivity contribution is 6.93. The second-order valence-corrected chi connectivity index (χ2v) is 18.1. The zero-order chi connectivity index (χ0) is 39.0. The van der Waals surface area contributed by atoms with Crippen LogP contribution in [-0.4, -0.2) is 6.85 Å². The highest BCUT2D eigenvalue weighted by atomic mass is 15.2. The molecule has 2 nitrogen and oxygen atoms in total. The molecule has 3 heterocycles. The molecule has 57 heavy (non-hydrogen) atoms. The first kappa shape index (κ1) is 34.5. The Morgan fingerprint density at radius 2 is 1.23 bits per heavy atom. The van der Waals surface area contributed by atoms with E-state index in [2.05, 4.69) is 192 Å². The van der Waals surface area contributed by atoms with Crippen LogP contribution in [0.4, 0.5) is 28.4 Å². The number of aryl methyl sites for hydroxylation is 3. The largest absolute Gasteiger partial charge is 0.376 e. The highest BCUT2D eigenvalue weighted by Gasteiger charge is 2.50. The van der Waals surface area contributed by atoms with E-state index in [4.69, 9.17) is 0 Å². The van der Waals surface area contributed by atoms with Gasteiger partial charge in [-0.25, -0.2) is 0 Å². The Bertz CT molecular complexity index is 2800. The van der Waals surface area contributed by atoms with Gasteiger partial charge in [0.1, 0.15) is 0 Å². The number of rotatable bonds is 5. The van der Waals surface area contributed by atoms with Crippen LogP contribution in [-0.2, 0) is 17.3 Å². The third-order valence-corrected chi connectivity index (χ3v) is 14.1. The van der Waals surface area contributed by atoms with Crippen LogP contribution in [0.25, 0.3) is 33.4 Å². The summed E-state index contributed by atoms with van der Waals surface area (Å²) in [5, 5.41) is 0. The van der Waals surface area contributed by atoms with Crippen molar-refractivity contribution in [3.05, 3.63) is 172 Å². The lowest BCUT2D eigenvalue weighted by atomic mass is 9.42. The second-order valence-electron chi connectivity index (χ2n) is 18.1. The zero-order valence-corrected chi connectivity index (χ0v) is 34.3. The topological polar surface area (TPSA) is 6.48 Å². The van der Waals surface area contributed by atoms with Crippen molar-refractivity contribution >= 4 is 46.2 Å². The molecule has 7 aromatic carbocycles. The minimum absolute atomic E-state index is 0.0222. The van der Waals surface area contributed by atoms with E-state index in [1.54, 1.807) is 0 Å². The van der Waals surface area contributed by atoms with Crippen molar-refractivity contribution in [1.29, 1.82) is 0 Å². The summed E-state index contributed by atoms with van der Waals surface area (Å²) < 4.78 is 0. The number of unbranched alkanes of at least 4 members (excludes halogenated alkanes) is 1. The van der Waals surface area contributed by atoms with Crippen LogP contribution in [0.3, 0.4) is 0 Å². The lowest BCUT2D eigenvalue weighted by Crippen LogP contribution is -2.62. The number of fused-ring (bicyclic) bond motifs is 9.